The number of halogens is 3. The van der Waals surface area contributed by atoms with Crippen molar-refractivity contribution < 1.29 is 27.8 Å². The van der Waals surface area contributed by atoms with Crippen LogP contribution in [0, 0.1) is 34.0 Å². The number of piperidine rings is 1. The molecule has 1 saturated heterocycles. The number of aromatic nitrogens is 1. The van der Waals surface area contributed by atoms with Crippen LogP contribution in [0.3, 0.4) is 0 Å². The highest BCUT2D eigenvalue weighted by Gasteiger charge is 2.47. The van der Waals surface area contributed by atoms with Crippen LogP contribution in [0.25, 0.3) is 10.4 Å². The molecule has 184 valence electrons. The van der Waals surface area contributed by atoms with Crippen LogP contribution in [0.4, 0.5) is 13.2 Å². The van der Waals surface area contributed by atoms with E-state index in [1.165, 1.54) is 18.2 Å². The quantitative estimate of drug-likeness (QED) is 0.525. The molecule has 34 heavy (non-hydrogen) atoms. The first-order valence-electron chi connectivity index (χ1n) is 11.0. The van der Waals surface area contributed by atoms with Crippen LogP contribution in [-0.4, -0.2) is 40.7 Å². The van der Waals surface area contributed by atoms with Crippen molar-refractivity contribution in [3.8, 4) is 22.3 Å². The van der Waals surface area contributed by atoms with Crippen LogP contribution in [0.2, 0.25) is 0 Å². The summed E-state index contributed by atoms with van der Waals surface area (Å²) >= 11 is 0.982. The largest absolute Gasteiger partial charge is 0.481 e. The molecular weight excluding hydrogens is 467 g/mol. The lowest BCUT2D eigenvalue weighted by atomic mass is 9.66. The molecule has 0 radical (unpaired) electrons. The molecule has 1 aromatic carbocycles. The number of alkyl halides is 2. The third-order valence-corrected chi connectivity index (χ3v) is 7.60. The molecule has 10 heteroatoms. The molecule has 1 aliphatic heterocycles. The lowest BCUT2D eigenvalue weighted by Gasteiger charge is -2.47. The normalized spacial score (nSPS) is 21.4. The highest BCUT2D eigenvalue weighted by atomic mass is 32.1. The summed E-state index contributed by atoms with van der Waals surface area (Å²) in [6.07, 6.45) is 1.03. The molecule has 3 rings (SSSR count). The second-order valence-electron chi connectivity index (χ2n) is 9.80. The van der Waals surface area contributed by atoms with Gasteiger partial charge < -0.3 is 9.84 Å². The average molecular weight is 496 g/mol. The maximum absolute atomic E-state index is 14.9. The van der Waals surface area contributed by atoms with Gasteiger partial charge in [0.25, 0.3) is 0 Å². The monoisotopic (exact) mass is 495 g/mol. The predicted molar refractivity (Wildman–Crippen MR) is 122 cm³/mol. The molecule has 1 unspecified atom stereocenters. The summed E-state index contributed by atoms with van der Waals surface area (Å²) in [5.74, 6) is -1.83. The van der Waals surface area contributed by atoms with Crippen molar-refractivity contribution in [1.82, 2.24) is 9.88 Å². The van der Waals surface area contributed by atoms with Gasteiger partial charge in [0.2, 0.25) is 5.95 Å². The van der Waals surface area contributed by atoms with Gasteiger partial charge in [-0.2, -0.15) is 18.4 Å². The van der Waals surface area contributed by atoms with E-state index in [0.717, 1.165) is 11.3 Å². The molecule has 0 saturated carbocycles. The fourth-order valence-corrected chi connectivity index (χ4v) is 5.42. The maximum atomic E-state index is 14.9. The Balaban J connectivity index is 1.94. The van der Waals surface area contributed by atoms with E-state index in [9.17, 15) is 28.3 Å². The van der Waals surface area contributed by atoms with Crippen molar-refractivity contribution in [1.29, 1.82) is 5.26 Å². The minimum Gasteiger partial charge on any atom is -0.481 e. The topological polar surface area (TPSA) is 86.5 Å². The fourth-order valence-electron chi connectivity index (χ4n) is 4.41. The van der Waals surface area contributed by atoms with Crippen LogP contribution in [-0.2, 0) is 11.3 Å². The average Bonchev–Trinajstić information content (AvgIpc) is 3.12. The lowest BCUT2D eigenvalue weighted by molar-refractivity contribution is -0.156. The first-order valence-corrected chi connectivity index (χ1v) is 11.8. The summed E-state index contributed by atoms with van der Waals surface area (Å²) in [6, 6.07) is 5.73. The van der Waals surface area contributed by atoms with Crippen LogP contribution in [0.5, 0.6) is 5.75 Å². The number of nitrogens with zero attached hydrogens (tertiary/aromatic N) is 3. The van der Waals surface area contributed by atoms with E-state index >= 15 is 0 Å². The van der Waals surface area contributed by atoms with Crippen LogP contribution >= 0.6 is 11.3 Å². The Bertz CT molecular complexity index is 1090. The molecule has 1 fully saturated rings. The van der Waals surface area contributed by atoms with Crippen molar-refractivity contribution in [3.05, 3.63) is 34.7 Å². The van der Waals surface area contributed by atoms with Crippen molar-refractivity contribution in [3.63, 3.8) is 0 Å². The number of carboxylic acids is 1. The molecule has 1 aliphatic rings. The minimum absolute atomic E-state index is 0.00730. The van der Waals surface area contributed by atoms with Crippen LogP contribution < -0.4 is 4.74 Å². The Labute approximate surface area is 201 Å². The standard InChI is InChI=1S/C24H28F3N3O3S/c1-5-24(21(31)32)9-15(23(2,3)4)11-30(13-24)12-18-29-20(25)19(34-18)16-8-14(10-28)6-7-17(16)33-22(26)27/h6-8,15,22H,5,9,11-13H2,1-4H3,(H,31,32)/t15?,24-/m1/s1. The number of nitriles is 1. The van der Waals surface area contributed by atoms with Crippen molar-refractivity contribution in [2.24, 2.45) is 16.7 Å². The second-order valence-corrected chi connectivity index (χ2v) is 10.9. The first kappa shape index (κ1) is 26.0. The molecule has 0 bridgehead atoms. The van der Waals surface area contributed by atoms with E-state index in [1.807, 2.05) is 17.9 Å². The van der Waals surface area contributed by atoms with Gasteiger partial charge in [0, 0.05) is 18.7 Å². The lowest BCUT2D eigenvalue weighted by Crippen LogP contribution is -2.53. The Morgan fingerprint density at radius 3 is 2.71 bits per heavy atom. The Hall–Kier alpha value is -2.64. The molecule has 0 spiro atoms. The second kappa shape index (κ2) is 9.92. The Morgan fingerprint density at radius 2 is 2.15 bits per heavy atom. The van der Waals surface area contributed by atoms with Gasteiger partial charge in [-0.25, -0.2) is 4.98 Å². The molecule has 2 heterocycles. The van der Waals surface area contributed by atoms with Gasteiger partial charge in [-0.05, 0) is 42.4 Å². The van der Waals surface area contributed by atoms with Crippen LogP contribution in [0.15, 0.2) is 18.2 Å². The molecule has 1 aromatic heterocycles. The number of rotatable bonds is 7. The minimum atomic E-state index is -3.11. The molecule has 2 atom stereocenters. The van der Waals surface area contributed by atoms with Crippen molar-refractivity contribution in [2.45, 2.75) is 53.7 Å². The number of likely N-dealkylation sites (tertiary alicyclic amines) is 1. The number of ether oxygens (including phenoxy) is 1. The predicted octanol–water partition coefficient (Wildman–Crippen LogP) is 5.77. The number of thiazole rings is 1. The van der Waals surface area contributed by atoms with Gasteiger partial charge in [0.1, 0.15) is 10.8 Å². The molecule has 6 nitrogen and oxygen atoms in total. The summed E-state index contributed by atoms with van der Waals surface area (Å²) in [5.41, 5.74) is -0.828. The van der Waals surface area contributed by atoms with E-state index in [-0.39, 0.29) is 39.6 Å². The summed E-state index contributed by atoms with van der Waals surface area (Å²) in [5, 5.41) is 19.6. The van der Waals surface area contributed by atoms with E-state index < -0.39 is 23.9 Å². The number of carbonyl (C=O) groups is 1. The van der Waals surface area contributed by atoms with Gasteiger partial charge in [-0.1, -0.05) is 27.7 Å². The van der Waals surface area contributed by atoms with E-state index in [1.54, 1.807) is 0 Å². The van der Waals surface area contributed by atoms with E-state index in [4.69, 9.17) is 0 Å². The number of hydrogen-bond acceptors (Lipinski definition) is 6. The highest BCUT2D eigenvalue weighted by molar-refractivity contribution is 7.15. The molecule has 1 N–H and O–H groups in total. The number of carboxylic acid groups (broad SMARTS) is 1. The van der Waals surface area contributed by atoms with Gasteiger partial charge in [-0.3, -0.25) is 9.69 Å². The summed E-state index contributed by atoms with van der Waals surface area (Å²) in [7, 11) is 0. The first-order chi connectivity index (χ1) is 15.9. The molecule has 2 aromatic rings. The third-order valence-electron chi connectivity index (χ3n) is 6.56. The van der Waals surface area contributed by atoms with Crippen LogP contribution in [0.1, 0.15) is 51.1 Å². The molecule has 0 aliphatic carbocycles. The fraction of sp³-hybridized carbons (Fsp3) is 0.542. The SMILES string of the molecule is CC[C@@]1(C(=O)O)CC(C(C)(C)C)CN(Cc2nc(F)c(-c3cc(C#N)ccc3OC(F)F)s2)C1. The Morgan fingerprint density at radius 1 is 1.44 bits per heavy atom. The number of aliphatic carboxylic acids is 1. The van der Waals surface area contributed by atoms with Gasteiger partial charge in [0.05, 0.1) is 28.5 Å². The van der Waals surface area contributed by atoms with Gasteiger partial charge in [-0.15, -0.1) is 11.3 Å². The number of hydrogen-bond donors (Lipinski definition) is 1. The van der Waals surface area contributed by atoms with Gasteiger partial charge >= 0.3 is 12.6 Å². The van der Waals surface area contributed by atoms with Gasteiger partial charge in [0.15, 0.2) is 0 Å². The van der Waals surface area contributed by atoms with E-state index in [0.29, 0.717) is 30.9 Å². The summed E-state index contributed by atoms with van der Waals surface area (Å²) in [6.45, 7) is 6.18. The Kier molecular flexibility index (Phi) is 7.58. The highest BCUT2D eigenvalue weighted by Crippen LogP contribution is 2.44. The third kappa shape index (κ3) is 5.53. The smallest absolute Gasteiger partial charge is 0.387 e. The maximum Gasteiger partial charge on any atom is 0.387 e. The van der Waals surface area contributed by atoms with Crippen molar-refractivity contribution in [2.75, 3.05) is 13.1 Å². The zero-order valence-electron chi connectivity index (χ0n) is 19.6. The van der Waals surface area contributed by atoms with Crippen molar-refractivity contribution >= 4 is 17.3 Å². The zero-order chi connectivity index (χ0) is 25.3. The number of benzene rings is 1. The summed E-state index contributed by atoms with van der Waals surface area (Å²) in [4.78, 5) is 18.2. The molecular formula is C24H28F3N3O3S. The zero-order valence-corrected chi connectivity index (χ0v) is 20.4. The van der Waals surface area contributed by atoms with E-state index in [2.05, 4.69) is 30.5 Å². The molecule has 0 amide bonds. The summed E-state index contributed by atoms with van der Waals surface area (Å²) < 4.78 is 45.1.